The van der Waals surface area contributed by atoms with Gasteiger partial charge in [-0.1, -0.05) is 0 Å². The zero-order valence-corrected chi connectivity index (χ0v) is 16.9. The van der Waals surface area contributed by atoms with Crippen molar-refractivity contribution in [1.82, 2.24) is 0 Å². The Morgan fingerprint density at radius 3 is 2.46 bits per heavy atom. The summed E-state index contributed by atoms with van der Waals surface area (Å²) in [6.07, 6.45) is 1.56. The van der Waals surface area contributed by atoms with Crippen molar-refractivity contribution in [3.05, 3.63) is 57.7 Å². The molecule has 0 aromatic heterocycles. The third-order valence-electron chi connectivity index (χ3n) is 3.76. The number of methoxy groups -OCH3 is 2. The second-order valence-electron chi connectivity index (χ2n) is 5.69. The molecule has 7 nitrogen and oxygen atoms in total. The molecule has 8 heteroatoms. The van der Waals surface area contributed by atoms with Gasteiger partial charge in [-0.25, -0.2) is 9.79 Å². The summed E-state index contributed by atoms with van der Waals surface area (Å²) in [6.45, 7) is 1.30. The van der Waals surface area contributed by atoms with E-state index in [1.165, 1.54) is 14.0 Å². The van der Waals surface area contributed by atoms with Gasteiger partial charge in [-0.2, -0.15) is 0 Å². The molecule has 1 aliphatic heterocycles. The van der Waals surface area contributed by atoms with E-state index in [0.29, 0.717) is 27.1 Å². The first kappa shape index (κ1) is 19.6. The predicted molar refractivity (Wildman–Crippen MR) is 106 cm³/mol. The van der Waals surface area contributed by atoms with Crippen LogP contribution < -0.4 is 14.2 Å². The highest BCUT2D eigenvalue weighted by atomic mass is 79.9. The van der Waals surface area contributed by atoms with Crippen molar-refractivity contribution < 1.29 is 28.5 Å². The molecule has 0 aliphatic carbocycles. The number of benzene rings is 2. The topological polar surface area (TPSA) is 83.4 Å². The summed E-state index contributed by atoms with van der Waals surface area (Å²) < 4.78 is 21.3. The van der Waals surface area contributed by atoms with Gasteiger partial charge >= 0.3 is 11.9 Å². The molecule has 0 amide bonds. The van der Waals surface area contributed by atoms with Crippen molar-refractivity contribution >= 4 is 39.8 Å². The van der Waals surface area contributed by atoms with Gasteiger partial charge < -0.3 is 18.9 Å². The van der Waals surface area contributed by atoms with Crippen molar-refractivity contribution in [1.29, 1.82) is 0 Å². The van der Waals surface area contributed by atoms with Gasteiger partial charge in [-0.05, 0) is 64.0 Å². The van der Waals surface area contributed by atoms with Crippen LogP contribution in [0.5, 0.6) is 17.2 Å². The van der Waals surface area contributed by atoms with Crippen LogP contribution in [0.3, 0.4) is 0 Å². The summed E-state index contributed by atoms with van der Waals surface area (Å²) >= 11 is 3.34. The molecule has 3 rings (SSSR count). The molecule has 0 spiro atoms. The van der Waals surface area contributed by atoms with E-state index in [9.17, 15) is 9.59 Å². The summed E-state index contributed by atoms with van der Waals surface area (Å²) in [7, 11) is 3.03. The number of hydrogen-bond donors (Lipinski definition) is 0. The van der Waals surface area contributed by atoms with E-state index in [1.807, 2.05) is 0 Å². The third kappa shape index (κ3) is 4.23. The maximum Gasteiger partial charge on any atom is 0.363 e. The van der Waals surface area contributed by atoms with Crippen LogP contribution in [0, 0.1) is 0 Å². The van der Waals surface area contributed by atoms with Crippen LogP contribution in [0.2, 0.25) is 0 Å². The van der Waals surface area contributed by atoms with Crippen molar-refractivity contribution in [3.8, 4) is 17.2 Å². The van der Waals surface area contributed by atoms with Crippen LogP contribution in [-0.4, -0.2) is 32.1 Å². The Morgan fingerprint density at radius 1 is 1.14 bits per heavy atom. The highest BCUT2D eigenvalue weighted by molar-refractivity contribution is 9.10. The molecule has 0 atom stereocenters. The van der Waals surface area contributed by atoms with Crippen LogP contribution in [0.4, 0.5) is 0 Å². The monoisotopic (exact) mass is 445 g/mol. The minimum Gasteiger partial charge on any atom is -0.497 e. The number of ether oxygens (including phenoxy) is 4. The van der Waals surface area contributed by atoms with Crippen molar-refractivity contribution in [2.75, 3.05) is 14.2 Å². The lowest BCUT2D eigenvalue weighted by molar-refractivity contribution is -0.132. The summed E-state index contributed by atoms with van der Waals surface area (Å²) in [5, 5.41) is 0. The average molecular weight is 446 g/mol. The number of cyclic esters (lactones) is 1. The van der Waals surface area contributed by atoms with E-state index in [4.69, 9.17) is 18.9 Å². The minimum absolute atomic E-state index is 0.139. The van der Waals surface area contributed by atoms with E-state index in [0.717, 1.165) is 0 Å². The van der Waals surface area contributed by atoms with Gasteiger partial charge in [0.15, 0.2) is 17.2 Å². The molecular formula is C20H16BrNO6. The van der Waals surface area contributed by atoms with Gasteiger partial charge in [0.1, 0.15) is 5.75 Å². The van der Waals surface area contributed by atoms with Crippen molar-refractivity contribution in [3.63, 3.8) is 0 Å². The standard InChI is InChI=1S/C20H16BrNO6/c1-11(23)27-18-15(21)8-12(10-17(18)26-3)9-16-20(24)28-19(22-16)13-4-6-14(25-2)7-5-13/h4-10H,1-3H3/b16-9-. The van der Waals surface area contributed by atoms with Gasteiger partial charge in [-0.15, -0.1) is 0 Å². The minimum atomic E-state index is -0.565. The third-order valence-corrected chi connectivity index (χ3v) is 4.35. The predicted octanol–water partition coefficient (Wildman–Crippen LogP) is 3.74. The summed E-state index contributed by atoms with van der Waals surface area (Å²) in [5.74, 6) is 0.453. The van der Waals surface area contributed by atoms with Crippen LogP contribution in [-0.2, 0) is 14.3 Å². The fraction of sp³-hybridized carbons (Fsp3) is 0.150. The molecule has 2 aromatic carbocycles. The lowest BCUT2D eigenvalue weighted by Crippen LogP contribution is -2.05. The van der Waals surface area contributed by atoms with E-state index < -0.39 is 11.9 Å². The van der Waals surface area contributed by atoms with Crippen LogP contribution >= 0.6 is 15.9 Å². The fourth-order valence-corrected chi connectivity index (χ4v) is 3.03. The van der Waals surface area contributed by atoms with Gasteiger partial charge in [0.25, 0.3) is 0 Å². The number of carbonyl (C=O) groups excluding carboxylic acids is 2. The lowest BCUT2D eigenvalue weighted by atomic mass is 10.1. The van der Waals surface area contributed by atoms with Crippen molar-refractivity contribution in [2.45, 2.75) is 6.92 Å². The number of esters is 2. The Kier molecular flexibility index (Phi) is 5.79. The maximum atomic E-state index is 12.2. The van der Waals surface area contributed by atoms with Gasteiger partial charge in [0.05, 0.1) is 18.7 Å². The van der Waals surface area contributed by atoms with Crippen molar-refractivity contribution in [2.24, 2.45) is 4.99 Å². The number of nitrogens with zero attached hydrogens (tertiary/aromatic N) is 1. The number of halogens is 1. The number of carbonyl (C=O) groups is 2. The Balaban J connectivity index is 1.93. The van der Waals surface area contributed by atoms with Gasteiger partial charge in [0, 0.05) is 12.5 Å². The molecule has 0 N–H and O–H groups in total. The summed E-state index contributed by atoms with van der Waals surface area (Å²) in [4.78, 5) is 27.7. The SMILES string of the molecule is COc1ccc(C2=N/C(=C\c3cc(Br)c(OC(C)=O)c(OC)c3)C(=O)O2)cc1. The van der Waals surface area contributed by atoms with Gasteiger partial charge in [-0.3, -0.25) is 4.79 Å². The molecular weight excluding hydrogens is 430 g/mol. The normalized spacial score (nSPS) is 14.5. The molecule has 0 unspecified atom stereocenters. The average Bonchev–Trinajstić information content (AvgIpc) is 3.04. The molecule has 144 valence electrons. The summed E-state index contributed by atoms with van der Waals surface area (Å²) in [6, 6.07) is 10.3. The Bertz CT molecular complexity index is 995. The number of rotatable bonds is 5. The number of aliphatic imine (C=N–C) groups is 1. The molecule has 0 saturated carbocycles. The molecule has 2 aromatic rings. The molecule has 0 radical (unpaired) electrons. The lowest BCUT2D eigenvalue weighted by Gasteiger charge is -2.11. The largest absolute Gasteiger partial charge is 0.497 e. The summed E-state index contributed by atoms with van der Waals surface area (Å²) in [5.41, 5.74) is 1.41. The maximum absolute atomic E-state index is 12.2. The highest BCUT2D eigenvalue weighted by Gasteiger charge is 2.24. The van der Waals surface area contributed by atoms with E-state index >= 15 is 0 Å². The Hall–Kier alpha value is -3.13. The zero-order chi connectivity index (χ0) is 20.3. The second-order valence-corrected chi connectivity index (χ2v) is 6.55. The number of hydrogen-bond acceptors (Lipinski definition) is 7. The molecule has 28 heavy (non-hydrogen) atoms. The Labute approximate surface area is 169 Å². The molecule has 1 aliphatic rings. The molecule has 0 fully saturated rings. The first-order chi connectivity index (χ1) is 13.4. The van der Waals surface area contributed by atoms with E-state index in [-0.39, 0.29) is 17.3 Å². The zero-order valence-electron chi connectivity index (χ0n) is 15.3. The first-order valence-electron chi connectivity index (χ1n) is 8.14. The van der Waals surface area contributed by atoms with Gasteiger partial charge in [0.2, 0.25) is 5.90 Å². The molecule has 0 saturated heterocycles. The second kappa shape index (κ2) is 8.26. The quantitative estimate of drug-likeness (QED) is 0.396. The Morgan fingerprint density at radius 2 is 1.86 bits per heavy atom. The molecule has 0 bridgehead atoms. The highest BCUT2D eigenvalue weighted by Crippen LogP contribution is 2.37. The van der Waals surface area contributed by atoms with E-state index in [2.05, 4.69) is 20.9 Å². The van der Waals surface area contributed by atoms with E-state index in [1.54, 1.807) is 49.6 Å². The van der Waals surface area contributed by atoms with Crippen LogP contribution in [0.1, 0.15) is 18.1 Å². The smallest absolute Gasteiger partial charge is 0.363 e. The fourth-order valence-electron chi connectivity index (χ4n) is 2.49. The molecule has 1 heterocycles. The van der Waals surface area contributed by atoms with Crippen LogP contribution in [0.15, 0.2) is 51.6 Å². The van der Waals surface area contributed by atoms with Crippen LogP contribution in [0.25, 0.3) is 6.08 Å². The first-order valence-corrected chi connectivity index (χ1v) is 8.93.